The summed E-state index contributed by atoms with van der Waals surface area (Å²) < 4.78 is 78.7. The van der Waals surface area contributed by atoms with Crippen molar-refractivity contribution in [2.45, 2.75) is 22.9 Å². The van der Waals surface area contributed by atoms with Crippen LogP contribution in [0.1, 0.15) is 17.2 Å². The van der Waals surface area contributed by atoms with Crippen molar-refractivity contribution in [3.63, 3.8) is 0 Å². The van der Waals surface area contributed by atoms with E-state index in [1.54, 1.807) is 11.8 Å². The van der Waals surface area contributed by atoms with Crippen LogP contribution in [-0.4, -0.2) is 44.7 Å². The van der Waals surface area contributed by atoms with Crippen LogP contribution < -0.4 is 14.2 Å². The zero-order chi connectivity index (χ0) is 21.4. The van der Waals surface area contributed by atoms with Gasteiger partial charge in [0.1, 0.15) is 5.75 Å². The molecule has 0 saturated carbocycles. The number of ether oxygens (including phenoxy) is 3. The first-order valence-electron chi connectivity index (χ1n) is 9.09. The molecule has 0 aromatic heterocycles. The van der Waals surface area contributed by atoms with E-state index in [0.717, 1.165) is 29.8 Å². The average molecular weight is 461 g/mol. The Morgan fingerprint density at radius 3 is 2.50 bits per heavy atom. The van der Waals surface area contributed by atoms with Crippen LogP contribution in [0.5, 0.6) is 17.2 Å². The maximum atomic E-state index is 13.0. The summed E-state index contributed by atoms with van der Waals surface area (Å²) >= 11 is 1.66. The topological polar surface area (TPSA) is 65.1 Å². The first-order chi connectivity index (χ1) is 14.2. The Labute approximate surface area is 176 Å². The molecule has 2 aliphatic rings. The Balaban J connectivity index is 1.45. The molecule has 1 saturated heterocycles. The van der Waals surface area contributed by atoms with Crippen molar-refractivity contribution < 1.29 is 35.8 Å². The summed E-state index contributed by atoms with van der Waals surface area (Å²) in [5.74, 6) is 1.51. The van der Waals surface area contributed by atoms with Gasteiger partial charge in [-0.1, -0.05) is 6.07 Å². The Hall–Kier alpha value is -2.11. The average Bonchev–Trinajstić information content (AvgIpc) is 3.01. The van der Waals surface area contributed by atoms with Crippen LogP contribution in [0.15, 0.2) is 47.4 Å². The second kappa shape index (κ2) is 8.20. The molecular formula is C19H18F3NO5S2. The summed E-state index contributed by atoms with van der Waals surface area (Å²) in [5.41, 5.74) is 1.04. The Morgan fingerprint density at radius 2 is 1.77 bits per heavy atom. The minimum Gasteiger partial charge on any atom is -0.454 e. The normalized spacial score (nSPS) is 20.0. The molecule has 0 spiro atoms. The summed E-state index contributed by atoms with van der Waals surface area (Å²) in [7, 11) is -3.82. The lowest BCUT2D eigenvalue weighted by atomic mass is 10.1. The maximum Gasteiger partial charge on any atom is 0.573 e. The van der Waals surface area contributed by atoms with Crippen molar-refractivity contribution in [3.05, 3.63) is 48.0 Å². The van der Waals surface area contributed by atoms with E-state index in [2.05, 4.69) is 4.74 Å². The van der Waals surface area contributed by atoms with E-state index in [-0.39, 0.29) is 16.9 Å². The highest BCUT2D eigenvalue weighted by molar-refractivity contribution is 7.99. The van der Waals surface area contributed by atoms with Crippen LogP contribution in [0.2, 0.25) is 0 Å². The minimum atomic E-state index is -4.83. The van der Waals surface area contributed by atoms with E-state index >= 15 is 0 Å². The number of rotatable bonds is 4. The number of hydrogen-bond donors (Lipinski definition) is 0. The SMILES string of the molecule is O=S(=O)(c1ccc(OC(F)(F)F)cc1)N1CCSC(c2ccc3c(c2)OCO3)CC1. The number of alkyl halides is 3. The predicted molar refractivity (Wildman–Crippen MR) is 104 cm³/mol. The summed E-state index contributed by atoms with van der Waals surface area (Å²) in [6, 6.07) is 9.98. The van der Waals surface area contributed by atoms with E-state index < -0.39 is 22.1 Å². The summed E-state index contributed by atoms with van der Waals surface area (Å²) in [4.78, 5) is -0.0662. The molecule has 2 aliphatic heterocycles. The molecule has 1 atom stereocenters. The van der Waals surface area contributed by atoms with Crippen LogP contribution in [0, 0.1) is 0 Å². The van der Waals surface area contributed by atoms with Gasteiger partial charge in [-0.3, -0.25) is 0 Å². The Morgan fingerprint density at radius 1 is 1.03 bits per heavy atom. The molecule has 1 fully saturated rings. The molecule has 0 bridgehead atoms. The highest BCUT2D eigenvalue weighted by atomic mass is 32.2. The molecule has 4 rings (SSSR count). The van der Waals surface area contributed by atoms with Gasteiger partial charge in [-0.25, -0.2) is 8.42 Å². The van der Waals surface area contributed by atoms with Crippen molar-refractivity contribution in [3.8, 4) is 17.2 Å². The van der Waals surface area contributed by atoms with E-state index in [1.165, 1.54) is 4.31 Å². The smallest absolute Gasteiger partial charge is 0.454 e. The van der Waals surface area contributed by atoms with Crippen LogP contribution in [0.3, 0.4) is 0 Å². The van der Waals surface area contributed by atoms with Gasteiger partial charge in [0.25, 0.3) is 0 Å². The fraction of sp³-hybridized carbons (Fsp3) is 0.368. The molecule has 2 heterocycles. The zero-order valence-corrected chi connectivity index (χ0v) is 17.2. The molecule has 0 radical (unpaired) electrons. The number of halogens is 3. The van der Waals surface area contributed by atoms with Gasteiger partial charge in [-0.05, 0) is 48.4 Å². The molecule has 2 aromatic carbocycles. The fourth-order valence-electron chi connectivity index (χ4n) is 3.33. The molecule has 0 N–H and O–H groups in total. The van der Waals surface area contributed by atoms with Crippen LogP contribution in [0.25, 0.3) is 0 Å². The van der Waals surface area contributed by atoms with Gasteiger partial charge in [0.2, 0.25) is 16.8 Å². The van der Waals surface area contributed by atoms with Crippen LogP contribution >= 0.6 is 11.8 Å². The fourth-order valence-corrected chi connectivity index (χ4v) is 6.12. The number of benzene rings is 2. The first kappa shape index (κ1) is 21.1. The lowest BCUT2D eigenvalue weighted by Crippen LogP contribution is -2.33. The van der Waals surface area contributed by atoms with E-state index in [9.17, 15) is 21.6 Å². The number of nitrogens with zero attached hydrogens (tertiary/aromatic N) is 1. The highest BCUT2D eigenvalue weighted by Crippen LogP contribution is 2.40. The lowest BCUT2D eigenvalue weighted by Gasteiger charge is -2.20. The van der Waals surface area contributed by atoms with Crippen molar-refractivity contribution in [2.75, 3.05) is 25.6 Å². The van der Waals surface area contributed by atoms with Crippen molar-refractivity contribution >= 4 is 21.8 Å². The van der Waals surface area contributed by atoms with E-state index in [4.69, 9.17) is 9.47 Å². The number of fused-ring (bicyclic) bond motifs is 1. The quantitative estimate of drug-likeness (QED) is 0.681. The van der Waals surface area contributed by atoms with Crippen molar-refractivity contribution in [1.29, 1.82) is 0 Å². The summed E-state index contributed by atoms with van der Waals surface area (Å²) in [6.45, 7) is 0.805. The summed E-state index contributed by atoms with van der Waals surface area (Å²) in [6.07, 6.45) is -4.23. The summed E-state index contributed by atoms with van der Waals surface area (Å²) in [5, 5.41) is 0.0993. The first-order valence-corrected chi connectivity index (χ1v) is 11.6. The third-order valence-corrected chi connectivity index (χ3v) is 8.01. The van der Waals surface area contributed by atoms with Gasteiger partial charge < -0.3 is 14.2 Å². The zero-order valence-electron chi connectivity index (χ0n) is 15.6. The lowest BCUT2D eigenvalue weighted by molar-refractivity contribution is -0.274. The largest absolute Gasteiger partial charge is 0.573 e. The van der Waals surface area contributed by atoms with E-state index in [1.807, 2.05) is 18.2 Å². The van der Waals surface area contributed by atoms with Crippen molar-refractivity contribution in [2.24, 2.45) is 0 Å². The second-order valence-corrected chi connectivity index (χ2v) is 9.93. The van der Waals surface area contributed by atoms with Gasteiger partial charge in [0.15, 0.2) is 11.5 Å². The third-order valence-electron chi connectivity index (χ3n) is 4.76. The van der Waals surface area contributed by atoms with Gasteiger partial charge in [-0.15, -0.1) is 13.2 Å². The third kappa shape index (κ3) is 4.62. The Bertz CT molecular complexity index is 1010. The molecule has 0 amide bonds. The molecule has 0 aliphatic carbocycles. The van der Waals surface area contributed by atoms with Gasteiger partial charge in [0, 0.05) is 24.1 Å². The van der Waals surface area contributed by atoms with E-state index in [0.29, 0.717) is 36.8 Å². The molecule has 11 heteroatoms. The monoisotopic (exact) mass is 461 g/mol. The number of hydrogen-bond acceptors (Lipinski definition) is 6. The van der Waals surface area contributed by atoms with Gasteiger partial charge >= 0.3 is 6.36 Å². The van der Waals surface area contributed by atoms with Crippen LogP contribution in [0.4, 0.5) is 13.2 Å². The predicted octanol–water partition coefficient (Wildman–Crippen LogP) is 4.18. The molecule has 2 aromatic rings. The van der Waals surface area contributed by atoms with Gasteiger partial charge in [-0.2, -0.15) is 16.1 Å². The molecule has 162 valence electrons. The molecule has 30 heavy (non-hydrogen) atoms. The van der Waals surface area contributed by atoms with Crippen LogP contribution in [-0.2, 0) is 10.0 Å². The standard InChI is InChI=1S/C19H18F3NO5S2/c20-19(21,22)28-14-2-4-15(5-3-14)30(24,25)23-8-7-18(29-10-9-23)13-1-6-16-17(11-13)27-12-26-16/h1-6,11,18H,7-10,12H2. The minimum absolute atomic E-state index is 0.0662. The second-order valence-electron chi connectivity index (χ2n) is 6.68. The molecule has 1 unspecified atom stereocenters. The van der Waals surface area contributed by atoms with Gasteiger partial charge in [0.05, 0.1) is 4.90 Å². The Kier molecular flexibility index (Phi) is 5.78. The number of thioether (sulfide) groups is 1. The molecule has 6 nitrogen and oxygen atoms in total. The van der Waals surface area contributed by atoms with Crippen molar-refractivity contribution in [1.82, 2.24) is 4.31 Å². The number of sulfonamides is 1. The molecular weight excluding hydrogens is 443 g/mol. The maximum absolute atomic E-state index is 13.0. The highest BCUT2D eigenvalue weighted by Gasteiger charge is 2.32.